The molecule has 0 spiro atoms. The maximum atomic E-state index is 12.6. The van der Waals surface area contributed by atoms with Crippen LogP contribution in [-0.2, 0) is 12.6 Å². The molecule has 1 nitrogen and oxygen atoms in total. The molecule has 6 heteroatoms. The van der Waals surface area contributed by atoms with Crippen molar-refractivity contribution in [3.8, 4) is 0 Å². The first-order valence-electron chi connectivity index (χ1n) is 5.60. The van der Waals surface area contributed by atoms with Gasteiger partial charge in [0.1, 0.15) is 0 Å². The summed E-state index contributed by atoms with van der Waals surface area (Å²) in [6, 6.07) is 7.21. The van der Waals surface area contributed by atoms with Crippen LogP contribution >= 0.6 is 22.9 Å². The van der Waals surface area contributed by atoms with Gasteiger partial charge < -0.3 is 5.32 Å². The fourth-order valence-corrected chi connectivity index (χ4v) is 2.51. The summed E-state index contributed by atoms with van der Waals surface area (Å²) >= 11 is 7.50. The van der Waals surface area contributed by atoms with E-state index in [1.165, 1.54) is 10.9 Å². The van der Waals surface area contributed by atoms with Crippen LogP contribution in [0.3, 0.4) is 0 Å². The van der Waals surface area contributed by atoms with E-state index in [-0.39, 0.29) is 0 Å². The summed E-state index contributed by atoms with van der Waals surface area (Å²) in [6.45, 7) is 0.543. The summed E-state index contributed by atoms with van der Waals surface area (Å²) < 4.78 is 37.7. The molecular weight excluding hydrogens is 295 g/mol. The Morgan fingerprint density at radius 2 is 2.00 bits per heavy atom. The van der Waals surface area contributed by atoms with Crippen LogP contribution in [-0.4, -0.2) is 6.54 Å². The van der Waals surface area contributed by atoms with Gasteiger partial charge in [0.05, 0.1) is 16.3 Å². The molecule has 0 saturated heterocycles. The van der Waals surface area contributed by atoms with Gasteiger partial charge >= 0.3 is 6.18 Å². The number of nitrogens with one attached hydrogen (secondary N) is 1. The number of alkyl halides is 3. The smallest absolute Gasteiger partial charge is 0.383 e. The molecule has 1 aromatic carbocycles. The molecule has 0 aliphatic rings. The van der Waals surface area contributed by atoms with Crippen LogP contribution in [0.15, 0.2) is 35.7 Å². The summed E-state index contributed by atoms with van der Waals surface area (Å²) in [5, 5.41) is 5.19. The fourth-order valence-electron chi connectivity index (χ4n) is 1.61. The number of benzene rings is 1. The largest absolute Gasteiger partial charge is 0.416 e. The molecule has 0 aliphatic carbocycles. The minimum absolute atomic E-state index is 0.291. The summed E-state index contributed by atoms with van der Waals surface area (Å²) in [6.07, 6.45) is -3.60. The van der Waals surface area contributed by atoms with Gasteiger partial charge in [0, 0.05) is 11.4 Å². The Hall–Kier alpha value is -1.20. The lowest BCUT2D eigenvalue weighted by Gasteiger charge is -2.12. The van der Waals surface area contributed by atoms with Gasteiger partial charge in [0.15, 0.2) is 0 Å². The lowest BCUT2D eigenvalue weighted by Crippen LogP contribution is -2.08. The molecule has 0 radical (unpaired) electrons. The number of thiophene rings is 1. The van der Waals surface area contributed by atoms with E-state index in [0.29, 0.717) is 17.3 Å². The zero-order chi connectivity index (χ0) is 13.9. The molecule has 0 amide bonds. The molecule has 0 fully saturated rings. The first kappa shape index (κ1) is 14.2. The minimum atomic E-state index is -4.35. The number of rotatable bonds is 4. The van der Waals surface area contributed by atoms with Crippen molar-refractivity contribution in [3.63, 3.8) is 0 Å². The third-order valence-corrected chi connectivity index (χ3v) is 3.83. The van der Waals surface area contributed by atoms with Gasteiger partial charge in [-0.3, -0.25) is 0 Å². The molecule has 1 aromatic heterocycles. The highest BCUT2D eigenvalue weighted by molar-refractivity contribution is 7.09. The van der Waals surface area contributed by atoms with Crippen molar-refractivity contribution in [2.75, 3.05) is 11.9 Å². The predicted molar refractivity (Wildman–Crippen MR) is 73.0 cm³/mol. The maximum Gasteiger partial charge on any atom is 0.416 e. The van der Waals surface area contributed by atoms with Crippen molar-refractivity contribution >= 4 is 28.6 Å². The summed E-state index contributed by atoms with van der Waals surface area (Å²) in [7, 11) is 0. The molecule has 0 saturated carbocycles. The van der Waals surface area contributed by atoms with Crippen molar-refractivity contribution in [1.29, 1.82) is 0 Å². The average molecular weight is 306 g/mol. The Bertz CT molecular complexity index is 537. The van der Waals surface area contributed by atoms with Crippen molar-refractivity contribution in [3.05, 3.63) is 51.2 Å². The summed E-state index contributed by atoms with van der Waals surface area (Å²) in [5.74, 6) is 0. The standard InChI is InChI=1S/C13H11ClF3NS/c14-11-4-3-9(13(15,16)17)8-12(11)18-6-5-10-2-1-7-19-10/h1-4,7-8,18H,5-6H2. The Kier molecular flexibility index (Phi) is 4.37. The number of hydrogen-bond acceptors (Lipinski definition) is 2. The van der Waals surface area contributed by atoms with Gasteiger partial charge in [-0.15, -0.1) is 11.3 Å². The lowest BCUT2D eigenvalue weighted by molar-refractivity contribution is -0.137. The van der Waals surface area contributed by atoms with E-state index >= 15 is 0 Å². The molecule has 2 aromatic rings. The second kappa shape index (κ2) is 5.84. The van der Waals surface area contributed by atoms with Crippen LogP contribution in [0, 0.1) is 0 Å². The molecule has 102 valence electrons. The van der Waals surface area contributed by atoms with E-state index in [0.717, 1.165) is 18.6 Å². The third-order valence-electron chi connectivity index (χ3n) is 2.56. The summed E-state index contributed by atoms with van der Waals surface area (Å²) in [5.41, 5.74) is -0.386. The second-order valence-corrected chi connectivity index (χ2v) is 5.39. The minimum Gasteiger partial charge on any atom is -0.383 e. The zero-order valence-corrected chi connectivity index (χ0v) is 11.4. The van der Waals surface area contributed by atoms with Gasteiger partial charge in [0.2, 0.25) is 0 Å². The Morgan fingerprint density at radius 3 is 2.63 bits per heavy atom. The van der Waals surface area contributed by atoms with E-state index < -0.39 is 11.7 Å². The van der Waals surface area contributed by atoms with Crippen LogP contribution in [0.4, 0.5) is 18.9 Å². The normalized spacial score (nSPS) is 11.6. The van der Waals surface area contributed by atoms with Crippen molar-refractivity contribution in [2.45, 2.75) is 12.6 Å². The Morgan fingerprint density at radius 1 is 1.21 bits per heavy atom. The molecule has 19 heavy (non-hydrogen) atoms. The SMILES string of the molecule is FC(F)(F)c1ccc(Cl)c(NCCc2cccs2)c1. The van der Waals surface area contributed by atoms with Crippen LogP contribution in [0.2, 0.25) is 5.02 Å². The van der Waals surface area contributed by atoms with Crippen LogP contribution < -0.4 is 5.32 Å². The molecular formula is C13H11ClF3NS. The highest BCUT2D eigenvalue weighted by atomic mass is 35.5. The molecule has 1 N–H and O–H groups in total. The number of hydrogen-bond donors (Lipinski definition) is 1. The zero-order valence-electron chi connectivity index (χ0n) is 9.80. The van der Waals surface area contributed by atoms with Gasteiger partial charge in [-0.2, -0.15) is 13.2 Å². The fraction of sp³-hybridized carbons (Fsp3) is 0.231. The van der Waals surface area contributed by atoms with E-state index in [4.69, 9.17) is 11.6 Å². The Labute approximate surface area is 118 Å². The molecule has 1 heterocycles. The first-order valence-corrected chi connectivity index (χ1v) is 6.85. The average Bonchev–Trinajstić information content (AvgIpc) is 2.83. The highest BCUT2D eigenvalue weighted by Crippen LogP contribution is 2.33. The predicted octanol–water partition coefficient (Wildman–Crippen LogP) is 5.07. The van der Waals surface area contributed by atoms with E-state index in [1.54, 1.807) is 11.3 Å². The lowest BCUT2D eigenvalue weighted by atomic mass is 10.2. The van der Waals surface area contributed by atoms with Crippen LogP contribution in [0.25, 0.3) is 0 Å². The van der Waals surface area contributed by atoms with E-state index in [2.05, 4.69) is 5.32 Å². The third kappa shape index (κ3) is 3.88. The second-order valence-electron chi connectivity index (χ2n) is 3.95. The highest BCUT2D eigenvalue weighted by Gasteiger charge is 2.30. The van der Waals surface area contributed by atoms with Gasteiger partial charge in [-0.25, -0.2) is 0 Å². The number of anilines is 1. The monoisotopic (exact) mass is 305 g/mol. The molecule has 0 atom stereocenters. The first-order chi connectivity index (χ1) is 8.97. The summed E-state index contributed by atoms with van der Waals surface area (Å²) in [4.78, 5) is 1.18. The topological polar surface area (TPSA) is 12.0 Å². The van der Waals surface area contributed by atoms with Crippen LogP contribution in [0.5, 0.6) is 0 Å². The van der Waals surface area contributed by atoms with Gasteiger partial charge in [-0.1, -0.05) is 17.7 Å². The molecule has 2 rings (SSSR count). The molecule has 0 bridgehead atoms. The Balaban J connectivity index is 2.03. The van der Waals surface area contributed by atoms with Gasteiger partial charge in [0.25, 0.3) is 0 Å². The van der Waals surface area contributed by atoms with Crippen molar-refractivity contribution in [1.82, 2.24) is 0 Å². The molecule has 0 unspecified atom stereocenters. The maximum absolute atomic E-state index is 12.6. The van der Waals surface area contributed by atoms with Crippen LogP contribution in [0.1, 0.15) is 10.4 Å². The van der Waals surface area contributed by atoms with Crippen molar-refractivity contribution in [2.24, 2.45) is 0 Å². The van der Waals surface area contributed by atoms with Gasteiger partial charge in [-0.05, 0) is 36.1 Å². The quantitative estimate of drug-likeness (QED) is 0.831. The van der Waals surface area contributed by atoms with Crippen molar-refractivity contribution < 1.29 is 13.2 Å². The van der Waals surface area contributed by atoms with E-state index in [1.807, 2.05) is 17.5 Å². The number of halogens is 4. The van der Waals surface area contributed by atoms with E-state index in [9.17, 15) is 13.2 Å². The molecule has 0 aliphatic heterocycles.